The Labute approximate surface area is 107 Å². The maximum absolute atomic E-state index is 12.0. The molecule has 0 bridgehead atoms. The number of carbonyl (C=O) groups excluding carboxylic acids is 1. The van der Waals surface area contributed by atoms with E-state index < -0.39 is 0 Å². The summed E-state index contributed by atoms with van der Waals surface area (Å²) in [5, 5.41) is 3.60. The second-order valence-electron chi connectivity index (χ2n) is 5.07. The molecule has 2 nitrogen and oxygen atoms in total. The maximum Gasteiger partial charge on any atom is 0.253 e. The van der Waals surface area contributed by atoms with Crippen LogP contribution in [0.15, 0.2) is 18.2 Å². The molecular weight excluding hydrogens is 234 g/mol. The molecule has 1 aliphatic rings. The standard InChI is InChI=1S/C14H18ClNO/c1-9-3-5-11(7-9)16-14(17)12-6-4-10(2)8-13(12)15/h4,6,8-9,11H,3,5,7H2,1-2H3,(H,16,17). The van der Waals surface area contributed by atoms with Crippen LogP contribution in [0.1, 0.15) is 42.1 Å². The molecule has 0 aromatic heterocycles. The van der Waals surface area contributed by atoms with Gasteiger partial charge in [-0.1, -0.05) is 24.6 Å². The molecule has 0 saturated heterocycles. The Morgan fingerprint density at radius 1 is 1.41 bits per heavy atom. The third-order valence-electron chi connectivity index (χ3n) is 3.40. The van der Waals surface area contributed by atoms with Crippen molar-refractivity contribution in [3.63, 3.8) is 0 Å². The SMILES string of the molecule is Cc1ccc(C(=O)NC2CCC(C)C2)c(Cl)c1. The summed E-state index contributed by atoms with van der Waals surface area (Å²) in [5.41, 5.74) is 1.65. The second-order valence-corrected chi connectivity index (χ2v) is 5.48. The van der Waals surface area contributed by atoms with Crippen molar-refractivity contribution in [2.45, 2.75) is 39.2 Å². The molecule has 1 saturated carbocycles. The molecule has 1 aromatic carbocycles. The summed E-state index contributed by atoms with van der Waals surface area (Å²) in [5.74, 6) is 0.669. The predicted octanol–water partition coefficient (Wildman–Crippen LogP) is 3.57. The number of aryl methyl sites for hydroxylation is 1. The minimum absolute atomic E-state index is 0.0471. The lowest BCUT2D eigenvalue weighted by Gasteiger charge is -2.13. The lowest BCUT2D eigenvalue weighted by molar-refractivity contribution is 0.0937. The molecule has 0 aliphatic heterocycles. The zero-order valence-corrected chi connectivity index (χ0v) is 11.1. The minimum Gasteiger partial charge on any atom is -0.349 e. The van der Waals surface area contributed by atoms with Crippen LogP contribution < -0.4 is 5.32 Å². The number of rotatable bonds is 2. The Bertz CT molecular complexity index is 430. The van der Waals surface area contributed by atoms with E-state index in [-0.39, 0.29) is 5.91 Å². The van der Waals surface area contributed by atoms with Crippen molar-refractivity contribution in [1.29, 1.82) is 0 Å². The van der Waals surface area contributed by atoms with Gasteiger partial charge in [-0.15, -0.1) is 0 Å². The van der Waals surface area contributed by atoms with Gasteiger partial charge in [0.15, 0.2) is 0 Å². The van der Waals surface area contributed by atoms with Crippen LogP contribution in [0.4, 0.5) is 0 Å². The first kappa shape index (κ1) is 12.4. The van der Waals surface area contributed by atoms with E-state index in [0.717, 1.165) is 18.4 Å². The number of hydrogen-bond acceptors (Lipinski definition) is 1. The molecule has 0 radical (unpaired) electrons. The van der Waals surface area contributed by atoms with E-state index in [1.54, 1.807) is 6.07 Å². The summed E-state index contributed by atoms with van der Waals surface area (Å²) in [6.45, 7) is 4.19. The fourth-order valence-electron chi connectivity index (χ4n) is 2.41. The largest absolute Gasteiger partial charge is 0.349 e. The van der Waals surface area contributed by atoms with Gasteiger partial charge in [-0.2, -0.15) is 0 Å². The summed E-state index contributed by atoms with van der Waals surface area (Å²) in [7, 11) is 0. The van der Waals surface area contributed by atoms with Gasteiger partial charge in [-0.05, 0) is 49.8 Å². The molecular formula is C14H18ClNO. The molecule has 1 aromatic rings. The van der Waals surface area contributed by atoms with E-state index in [1.165, 1.54) is 6.42 Å². The summed E-state index contributed by atoms with van der Waals surface area (Å²) >= 11 is 6.08. The van der Waals surface area contributed by atoms with Crippen molar-refractivity contribution in [3.8, 4) is 0 Å². The third-order valence-corrected chi connectivity index (χ3v) is 3.71. The first-order valence-electron chi connectivity index (χ1n) is 6.13. The Morgan fingerprint density at radius 2 is 2.18 bits per heavy atom. The van der Waals surface area contributed by atoms with Crippen molar-refractivity contribution < 1.29 is 4.79 Å². The van der Waals surface area contributed by atoms with E-state index >= 15 is 0 Å². The predicted molar refractivity (Wildman–Crippen MR) is 70.5 cm³/mol. The van der Waals surface area contributed by atoms with Crippen LogP contribution in [0.25, 0.3) is 0 Å². The van der Waals surface area contributed by atoms with Gasteiger partial charge in [0.2, 0.25) is 0 Å². The molecule has 2 atom stereocenters. The van der Waals surface area contributed by atoms with Crippen molar-refractivity contribution in [2.75, 3.05) is 0 Å². The topological polar surface area (TPSA) is 29.1 Å². The highest BCUT2D eigenvalue weighted by molar-refractivity contribution is 6.33. The number of amides is 1. The maximum atomic E-state index is 12.0. The third kappa shape index (κ3) is 3.01. The van der Waals surface area contributed by atoms with Crippen LogP contribution in [0.2, 0.25) is 5.02 Å². The highest BCUT2D eigenvalue weighted by Crippen LogP contribution is 2.25. The highest BCUT2D eigenvalue weighted by Gasteiger charge is 2.23. The smallest absolute Gasteiger partial charge is 0.253 e. The van der Waals surface area contributed by atoms with Crippen molar-refractivity contribution in [2.24, 2.45) is 5.92 Å². The van der Waals surface area contributed by atoms with Crippen molar-refractivity contribution >= 4 is 17.5 Å². The zero-order chi connectivity index (χ0) is 12.4. The lowest BCUT2D eigenvalue weighted by atomic mass is 10.1. The van der Waals surface area contributed by atoms with E-state index in [4.69, 9.17) is 11.6 Å². The molecule has 3 heteroatoms. The van der Waals surface area contributed by atoms with Crippen LogP contribution in [-0.2, 0) is 0 Å². The summed E-state index contributed by atoms with van der Waals surface area (Å²) in [6, 6.07) is 5.85. The Kier molecular flexibility index (Phi) is 3.72. The van der Waals surface area contributed by atoms with E-state index in [0.29, 0.717) is 22.5 Å². The Hall–Kier alpha value is -1.02. The fraction of sp³-hybridized carbons (Fsp3) is 0.500. The zero-order valence-electron chi connectivity index (χ0n) is 10.3. The number of halogens is 1. The minimum atomic E-state index is -0.0471. The molecule has 2 rings (SSSR count). The molecule has 0 spiro atoms. The number of carbonyl (C=O) groups is 1. The fourth-order valence-corrected chi connectivity index (χ4v) is 2.73. The molecule has 0 heterocycles. The van der Waals surface area contributed by atoms with Gasteiger partial charge in [-0.3, -0.25) is 4.79 Å². The normalized spacial score (nSPS) is 23.7. The first-order valence-corrected chi connectivity index (χ1v) is 6.51. The van der Waals surface area contributed by atoms with Gasteiger partial charge in [-0.25, -0.2) is 0 Å². The summed E-state index contributed by atoms with van der Waals surface area (Å²) in [6.07, 6.45) is 3.36. The first-order chi connectivity index (χ1) is 8.06. The van der Waals surface area contributed by atoms with Crippen LogP contribution in [0, 0.1) is 12.8 Å². The highest BCUT2D eigenvalue weighted by atomic mass is 35.5. The van der Waals surface area contributed by atoms with Crippen LogP contribution >= 0.6 is 11.6 Å². The molecule has 92 valence electrons. The van der Waals surface area contributed by atoms with Gasteiger partial charge < -0.3 is 5.32 Å². The Balaban J connectivity index is 2.04. The van der Waals surface area contributed by atoms with Gasteiger partial charge in [0, 0.05) is 6.04 Å². The van der Waals surface area contributed by atoms with E-state index in [2.05, 4.69) is 12.2 Å². The van der Waals surface area contributed by atoms with E-state index in [1.807, 2.05) is 19.1 Å². The monoisotopic (exact) mass is 251 g/mol. The van der Waals surface area contributed by atoms with Gasteiger partial charge in [0.1, 0.15) is 0 Å². The van der Waals surface area contributed by atoms with Gasteiger partial charge in [0.25, 0.3) is 5.91 Å². The Morgan fingerprint density at radius 3 is 2.76 bits per heavy atom. The van der Waals surface area contributed by atoms with Crippen LogP contribution in [0.5, 0.6) is 0 Å². The number of nitrogens with one attached hydrogen (secondary N) is 1. The molecule has 2 unspecified atom stereocenters. The summed E-state index contributed by atoms with van der Waals surface area (Å²) < 4.78 is 0. The average molecular weight is 252 g/mol. The number of benzene rings is 1. The molecule has 1 amide bonds. The van der Waals surface area contributed by atoms with Crippen LogP contribution in [0.3, 0.4) is 0 Å². The van der Waals surface area contributed by atoms with Crippen molar-refractivity contribution in [3.05, 3.63) is 34.3 Å². The second kappa shape index (κ2) is 5.09. The quantitative estimate of drug-likeness (QED) is 0.856. The summed E-state index contributed by atoms with van der Waals surface area (Å²) in [4.78, 5) is 12.0. The molecule has 1 fully saturated rings. The van der Waals surface area contributed by atoms with E-state index in [9.17, 15) is 4.79 Å². The average Bonchev–Trinajstić information content (AvgIpc) is 2.63. The molecule has 1 aliphatic carbocycles. The van der Waals surface area contributed by atoms with Crippen molar-refractivity contribution in [1.82, 2.24) is 5.32 Å². The van der Waals surface area contributed by atoms with Gasteiger partial charge >= 0.3 is 0 Å². The number of hydrogen-bond donors (Lipinski definition) is 1. The van der Waals surface area contributed by atoms with Gasteiger partial charge in [0.05, 0.1) is 10.6 Å². The molecule has 1 N–H and O–H groups in total. The molecule has 17 heavy (non-hydrogen) atoms. The lowest BCUT2D eigenvalue weighted by Crippen LogP contribution is -2.33. The van der Waals surface area contributed by atoms with Crippen LogP contribution in [-0.4, -0.2) is 11.9 Å².